The average molecular weight is 486 g/mol. The first-order chi connectivity index (χ1) is 13.5. The van der Waals surface area contributed by atoms with Crippen molar-refractivity contribution in [1.29, 1.82) is 0 Å². The Hall–Kier alpha value is -3.00. The smallest absolute Gasteiger partial charge is 0.272 e. The van der Waals surface area contributed by atoms with Crippen molar-refractivity contribution in [3.05, 3.63) is 105 Å². The lowest BCUT2D eigenvalue weighted by Crippen LogP contribution is -2.30. The number of anilines is 1. The van der Waals surface area contributed by atoms with Crippen LogP contribution in [0.5, 0.6) is 0 Å². The number of hydrogen-bond donors (Lipinski definition) is 2. The number of carbonyl (C=O) groups is 2. The van der Waals surface area contributed by atoms with E-state index in [0.29, 0.717) is 11.3 Å². The van der Waals surface area contributed by atoms with Gasteiger partial charge in [0.05, 0.1) is 0 Å². The van der Waals surface area contributed by atoms with Crippen molar-refractivity contribution in [2.75, 3.05) is 5.32 Å². The second kappa shape index (κ2) is 9.27. The van der Waals surface area contributed by atoms with Crippen molar-refractivity contribution in [3.63, 3.8) is 0 Å². The van der Waals surface area contributed by atoms with Gasteiger partial charge in [0.1, 0.15) is 11.5 Å². The summed E-state index contributed by atoms with van der Waals surface area (Å²) in [4.78, 5) is 25.3. The van der Waals surface area contributed by atoms with Crippen LogP contribution in [0.15, 0.2) is 84.6 Å². The number of amides is 2. The highest BCUT2D eigenvalue weighted by molar-refractivity contribution is 14.1. The van der Waals surface area contributed by atoms with E-state index < -0.39 is 17.6 Å². The highest BCUT2D eigenvalue weighted by Crippen LogP contribution is 2.15. The van der Waals surface area contributed by atoms with E-state index in [1.165, 1.54) is 18.2 Å². The second-order valence-electron chi connectivity index (χ2n) is 5.86. The molecule has 0 spiro atoms. The molecular weight excluding hydrogens is 470 g/mol. The first-order valence-electron chi connectivity index (χ1n) is 8.42. The number of benzene rings is 3. The summed E-state index contributed by atoms with van der Waals surface area (Å²) in [7, 11) is 0. The number of rotatable bonds is 5. The van der Waals surface area contributed by atoms with Gasteiger partial charge in [0.25, 0.3) is 11.8 Å². The van der Waals surface area contributed by atoms with Crippen LogP contribution < -0.4 is 10.6 Å². The van der Waals surface area contributed by atoms with E-state index >= 15 is 0 Å². The molecule has 0 saturated carbocycles. The maximum atomic E-state index is 14.1. The minimum atomic E-state index is -0.547. The Morgan fingerprint density at radius 3 is 2.18 bits per heavy atom. The Labute approximate surface area is 175 Å². The Bertz CT molecular complexity index is 1020. The summed E-state index contributed by atoms with van der Waals surface area (Å²) in [5, 5.41) is 5.30. The van der Waals surface area contributed by atoms with Gasteiger partial charge in [0.15, 0.2) is 0 Å². The van der Waals surface area contributed by atoms with E-state index in [9.17, 15) is 14.0 Å². The maximum Gasteiger partial charge on any atom is 0.272 e. The molecule has 0 heterocycles. The normalized spacial score (nSPS) is 11.0. The van der Waals surface area contributed by atoms with E-state index in [2.05, 4.69) is 33.2 Å². The summed E-state index contributed by atoms with van der Waals surface area (Å²) in [6.07, 6.45) is 1.32. The lowest BCUT2D eigenvalue weighted by Gasteiger charge is -2.12. The zero-order valence-corrected chi connectivity index (χ0v) is 16.8. The van der Waals surface area contributed by atoms with Gasteiger partial charge in [-0.05, 0) is 71.1 Å². The molecule has 0 radical (unpaired) electrons. The van der Waals surface area contributed by atoms with Crippen LogP contribution in [0.25, 0.3) is 6.08 Å². The van der Waals surface area contributed by atoms with Gasteiger partial charge in [-0.3, -0.25) is 9.59 Å². The first kappa shape index (κ1) is 19.8. The summed E-state index contributed by atoms with van der Waals surface area (Å²) >= 11 is 2.16. The van der Waals surface area contributed by atoms with Gasteiger partial charge in [0.2, 0.25) is 0 Å². The molecule has 0 fully saturated rings. The van der Waals surface area contributed by atoms with Crippen LogP contribution in [0, 0.1) is 9.39 Å². The predicted octanol–water partition coefficient (Wildman–Crippen LogP) is 4.84. The van der Waals surface area contributed by atoms with Gasteiger partial charge in [0, 0.05) is 20.4 Å². The van der Waals surface area contributed by atoms with Crippen LogP contribution in [0.1, 0.15) is 15.9 Å². The molecule has 0 aliphatic carbocycles. The molecule has 2 N–H and O–H groups in total. The lowest BCUT2D eigenvalue weighted by molar-refractivity contribution is -0.113. The van der Waals surface area contributed by atoms with Crippen LogP contribution >= 0.6 is 22.6 Å². The Morgan fingerprint density at radius 2 is 1.50 bits per heavy atom. The molecule has 0 aliphatic rings. The minimum Gasteiger partial charge on any atom is -0.321 e. The molecule has 6 heteroatoms. The number of halogens is 2. The number of hydrogen-bond acceptors (Lipinski definition) is 2. The van der Waals surface area contributed by atoms with Crippen molar-refractivity contribution in [3.8, 4) is 0 Å². The van der Waals surface area contributed by atoms with Gasteiger partial charge in [-0.15, -0.1) is 0 Å². The Morgan fingerprint density at radius 1 is 0.857 bits per heavy atom. The molecule has 0 aliphatic heterocycles. The standard InChI is InChI=1S/C22H16FIN2O2/c23-19-9-5-4-8-16(19)14-20(26-21(27)15-6-2-1-3-7-15)22(28)25-18-12-10-17(24)11-13-18/h1-14H,(H,25,28)(H,26,27). The molecule has 0 aromatic heterocycles. The second-order valence-corrected chi connectivity index (χ2v) is 7.11. The van der Waals surface area contributed by atoms with Gasteiger partial charge in [-0.2, -0.15) is 0 Å². The quantitative estimate of drug-likeness (QED) is 0.401. The van der Waals surface area contributed by atoms with Crippen LogP contribution in [-0.4, -0.2) is 11.8 Å². The van der Waals surface area contributed by atoms with E-state index in [1.54, 1.807) is 54.6 Å². The zero-order valence-electron chi connectivity index (χ0n) is 14.7. The third-order valence-electron chi connectivity index (χ3n) is 3.84. The summed E-state index contributed by atoms with van der Waals surface area (Å²) in [5.41, 5.74) is 1.10. The summed E-state index contributed by atoms with van der Waals surface area (Å²) in [6, 6.07) is 21.7. The average Bonchev–Trinajstić information content (AvgIpc) is 2.71. The fourth-order valence-corrected chi connectivity index (χ4v) is 2.78. The molecule has 3 aromatic carbocycles. The summed E-state index contributed by atoms with van der Waals surface area (Å²) < 4.78 is 15.1. The molecule has 0 atom stereocenters. The molecule has 0 saturated heterocycles. The molecule has 28 heavy (non-hydrogen) atoms. The van der Waals surface area contributed by atoms with Crippen molar-refractivity contribution in [1.82, 2.24) is 5.32 Å². The van der Waals surface area contributed by atoms with Gasteiger partial charge >= 0.3 is 0 Å². The van der Waals surface area contributed by atoms with Gasteiger partial charge in [-0.25, -0.2) is 4.39 Å². The monoisotopic (exact) mass is 486 g/mol. The van der Waals surface area contributed by atoms with Crippen molar-refractivity contribution in [2.45, 2.75) is 0 Å². The molecule has 4 nitrogen and oxygen atoms in total. The Kier molecular flexibility index (Phi) is 6.54. The minimum absolute atomic E-state index is 0.0579. The first-order valence-corrected chi connectivity index (χ1v) is 9.50. The van der Waals surface area contributed by atoms with E-state index in [-0.39, 0.29) is 11.3 Å². The molecule has 140 valence electrons. The van der Waals surface area contributed by atoms with E-state index in [4.69, 9.17) is 0 Å². The van der Waals surface area contributed by atoms with Crippen molar-refractivity contribution >= 4 is 46.2 Å². The lowest BCUT2D eigenvalue weighted by atomic mass is 10.1. The SMILES string of the molecule is O=C(Nc1ccc(I)cc1)C(=Cc1ccccc1F)NC(=O)c1ccccc1. The summed E-state index contributed by atoms with van der Waals surface area (Å²) in [6.45, 7) is 0. The molecule has 0 bridgehead atoms. The molecule has 2 amide bonds. The predicted molar refractivity (Wildman–Crippen MR) is 116 cm³/mol. The number of carbonyl (C=O) groups excluding carboxylic acids is 2. The molecule has 0 unspecified atom stereocenters. The molecule has 3 rings (SSSR count). The van der Waals surface area contributed by atoms with Crippen LogP contribution in [-0.2, 0) is 4.79 Å². The van der Waals surface area contributed by atoms with Crippen molar-refractivity contribution < 1.29 is 14.0 Å². The van der Waals surface area contributed by atoms with Crippen LogP contribution in [0.4, 0.5) is 10.1 Å². The van der Waals surface area contributed by atoms with Crippen LogP contribution in [0.3, 0.4) is 0 Å². The fourth-order valence-electron chi connectivity index (χ4n) is 2.42. The topological polar surface area (TPSA) is 58.2 Å². The number of nitrogens with one attached hydrogen (secondary N) is 2. The Balaban J connectivity index is 1.89. The van der Waals surface area contributed by atoms with Crippen molar-refractivity contribution in [2.24, 2.45) is 0 Å². The molecular formula is C22H16FIN2O2. The highest BCUT2D eigenvalue weighted by Gasteiger charge is 2.15. The third-order valence-corrected chi connectivity index (χ3v) is 4.56. The third kappa shape index (κ3) is 5.26. The highest BCUT2D eigenvalue weighted by atomic mass is 127. The van der Waals surface area contributed by atoms with Gasteiger partial charge < -0.3 is 10.6 Å². The van der Waals surface area contributed by atoms with Crippen LogP contribution in [0.2, 0.25) is 0 Å². The van der Waals surface area contributed by atoms with E-state index in [1.807, 2.05) is 12.1 Å². The largest absolute Gasteiger partial charge is 0.321 e. The maximum absolute atomic E-state index is 14.1. The summed E-state index contributed by atoms with van der Waals surface area (Å²) in [5.74, 6) is -1.49. The zero-order chi connectivity index (χ0) is 19.9. The fraction of sp³-hybridized carbons (Fsp3) is 0. The van der Waals surface area contributed by atoms with Gasteiger partial charge in [-0.1, -0.05) is 36.4 Å². The molecule has 3 aromatic rings. The van der Waals surface area contributed by atoms with E-state index in [0.717, 1.165) is 3.57 Å².